The lowest BCUT2D eigenvalue weighted by molar-refractivity contribution is 0.904. The van der Waals surface area contributed by atoms with E-state index in [1.165, 1.54) is 0 Å². The van der Waals surface area contributed by atoms with Crippen molar-refractivity contribution in [2.75, 3.05) is 18.2 Å². The third-order valence-electron chi connectivity index (χ3n) is 1.26. The van der Waals surface area contributed by atoms with Crippen LogP contribution in [0.5, 0.6) is 0 Å². The van der Waals surface area contributed by atoms with Crippen LogP contribution in [0.3, 0.4) is 0 Å². The van der Waals surface area contributed by atoms with E-state index in [0.717, 1.165) is 11.5 Å². The Hall–Kier alpha value is 0.910. The average molecular weight is 208 g/mol. The summed E-state index contributed by atoms with van der Waals surface area (Å²) in [6.45, 7) is 2.18. The van der Waals surface area contributed by atoms with Crippen molar-refractivity contribution < 1.29 is 0 Å². The minimum Gasteiger partial charge on any atom is -0.120 e. The summed E-state index contributed by atoms with van der Waals surface area (Å²) >= 11 is 9.16. The van der Waals surface area contributed by atoms with Gasteiger partial charge in [-0.15, -0.1) is 35.1 Å². The summed E-state index contributed by atoms with van der Waals surface area (Å²) in [7, 11) is 0. The summed E-state index contributed by atoms with van der Waals surface area (Å²) in [6.07, 6.45) is 5.29. The van der Waals surface area contributed by atoms with Crippen molar-refractivity contribution in [2.24, 2.45) is 5.92 Å². The summed E-state index contributed by atoms with van der Waals surface area (Å²) in [4.78, 5) is 0. The van der Waals surface area contributed by atoms with Crippen LogP contribution < -0.4 is 0 Å². The van der Waals surface area contributed by atoms with Crippen LogP contribution in [0.25, 0.3) is 0 Å². The number of hydrogen-bond donors (Lipinski definition) is 0. The maximum atomic E-state index is 5.36. The molecule has 0 aromatic carbocycles. The lowest BCUT2D eigenvalue weighted by atomic mass is 10.2. The van der Waals surface area contributed by atoms with Crippen molar-refractivity contribution in [1.29, 1.82) is 0 Å². The predicted octanol–water partition coefficient (Wildman–Crippen LogP) is 2.66. The summed E-state index contributed by atoms with van der Waals surface area (Å²) in [6, 6.07) is 0. The molecule has 0 spiro atoms. The minimum absolute atomic E-state index is 0.464. The average Bonchev–Trinajstić information content (AvgIpc) is 1.88. The summed E-state index contributed by atoms with van der Waals surface area (Å²) in [5.74, 6) is 5.40. The Morgan fingerprint density at radius 3 is 2.50 bits per heavy atom. The molecule has 10 heavy (non-hydrogen) atoms. The van der Waals surface area contributed by atoms with Crippen LogP contribution in [0.2, 0.25) is 0 Å². The zero-order valence-electron chi connectivity index (χ0n) is 5.74. The lowest BCUT2D eigenvalue weighted by Gasteiger charge is -2.24. The molecular formula is C6H9PS3. The quantitative estimate of drug-likeness (QED) is 0.444. The minimum atomic E-state index is -1.07. The van der Waals surface area contributed by atoms with E-state index < -0.39 is 4.44 Å². The largest absolute Gasteiger partial charge is 0.120 e. The van der Waals surface area contributed by atoms with Gasteiger partial charge in [-0.25, -0.2) is 0 Å². The van der Waals surface area contributed by atoms with Crippen molar-refractivity contribution in [3.05, 3.63) is 0 Å². The fraction of sp³-hybridized carbons (Fsp3) is 0.667. The molecule has 1 heterocycles. The van der Waals surface area contributed by atoms with Crippen molar-refractivity contribution in [3.8, 4) is 12.3 Å². The Kier molecular flexibility index (Phi) is 3.19. The zero-order valence-corrected chi connectivity index (χ0v) is 9.08. The Morgan fingerprint density at radius 1 is 1.60 bits per heavy atom. The molecule has 1 rings (SSSR count). The van der Waals surface area contributed by atoms with Crippen molar-refractivity contribution in [1.82, 2.24) is 0 Å². The van der Waals surface area contributed by atoms with E-state index >= 15 is 0 Å². The molecule has 0 atom stereocenters. The standard InChI is InChI=1S/C6H9PS3/c1-3-6-4-9-7(2,8)10-5-6/h1,6H,4-5H2,2H3. The highest BCUT2D eigenvalue weighted by molar-refractivity contribution is 9.00. The van der Waals surface area contributed by atoms with Gasteiger partial charge in [-0.1, -0.05) is 11.8 Å². The second kappa shape index (κ2) is 3.54. The second-order valence-electron chi connectivity index (χ2n) is 2.23. The van der Waals surface area contributed by atoms with E-state index in [0.29, 0.717) is 5.92 Å². The van der Waals surface area contributed by atoms with E-state index in [9.17, 15) is 0 Å². The molecule has 1 aliphatic rings. The first-order valence-electron chi connectivity index (χ1n) is 2.97. The third kappa shape index (κ3) is 2.51. The molecule has 0 nitrogen and oxygen atoms in total. The Balaban J connectivity index is 2.48. The molecule has 0 radical (unpaired) electrons. The fourth-order valence-electron chi connectivity index (χ4n) is 0.632. The molecule has 4 heteroatoms. The Morgan fingerprint density at radius 2 is 2.10 bits per heavy atom. The molecule has 1 aliphatic heterocycles. The highest BCUT2D eigenvalue weighted by Gasteiger charge is 2.21. The second-order valence-corrected chi connectivity index (χ2v) is 15.2. The van der Waals surface area contributed by atoms with Crippen LogP contribution >= 0.6 is 27.2 Å². The first-order chi connectivity index (χ1) is 4.64. The predicted molar refractivity (Wildman–Crippen MR) is 57.4 cm³/mol. The van der Waals surface area contributed by atoms with E-state index in [1.807, 2.05) is 22.8 Å². The van der Waals surface area contributed by atoms with Gasteiger partial charge in [-0.3, -0.25) is 0 Å². The molecule has 0 amide bonds. The molecule has 0 N–H and O–H groups in total. The van der Waals surface area contributed by atoms with Crippen LogP contribution in [0, 0.1) is 18.3 Å². The van der Waals surface area contributed by atoms with Gasteiger partial charge in [0.1, 0.15) is 0 Å². The maximum absolute atomic E-state index is 5.36. The molecule has 0 unspecified atom stereocenters. The van der Waals surface area contributed by atoms with Crippen LogP contribution in [-0.4, -0.2) is 18.2 Å². The number of hydrogen-bond acceptors (Lipinski definition) is 3. The van der Waals surface area contributed by atoms with Gasteiger partial charge < -0.3 is 0 Å². The summed E-state index contributed by atoms with van der Waals surface area (Å²) in [5.41, 5.74) is 0. The maximum Gasteiger partial charge on any atom is 0.0543 e. The Labute approximate surface area is 75.4 Å². The van der Waals surface area contributed by atoms with Gasteiger partial charge in [-0.05, 0) is 6.66 Å². The molecule has 0 aromatic heterocycles. The molecule has 0 aromatic rings. The van der Waals surface area contributed by atoms with E-state index in [1.54, 1.807) is 0 Å². The van der Waals surface area contributed by atoms with Gasteiger partial charge in [0.25, 0.3) is 0 Å². The van der Waals surface area contributed by atoms with Gasteiger partial charge in [0.05, 0.1) is 4.44 Å². The van der Waals surface area contributed by atoms with E-state index in [2.05, 4.69) is 12.6 Å². The van der Waals surface area contributed by atoms with Crippen LogP contribution in [0.4, 0.5) is 0 Å². The summed E-state index contributed by atoms with van der Waals surface area (Å²) in [5, 5.41) is 0. The van der Waals surface area contributed by atoms with Gasteiger partial charge >= 0.3 is 0 Å². The fourth-order valence-corrected chi connectivity index (χ4v) is 7.98. The lowest BCUT2D eigenvalue weighted by Crippen LogP contribution is -2.06. The smallest absolute Gasteiger partial charge is 0.0543 e. The molecular weight excluding hydrogens is 199 g/mol. The molecule has 56 valence electrons. The van der Waals surface area contributed by atoms with Crippen LogP contribution in [0.1, 0.15) is 0 Å². The molecule has 0 bridgehead atoms. The van der Waals surface area contributed by atoms with Crippen molar-refractivity contribution in [3.63, 3.8) is 0 Å². The van der Waals surface area contributed by atoms with Crippen LogP contribution in [-0.2, 0) is 11.8 Å². The van der Waals surface area contributed by atoms with Gasteiger partial charge in [-0.2, -0.15) is 0 Å². The SMILES string of the molecule is C#CC1CSP(C)(=S)SC1. The Bertz CT molecular complexity index is 194. The van der Waals surface area contributed by atoms with E-state index in [4.69, 9.17) is 18.2 Å². The molecule has 1 fully saturated rings. The monoisotopic (exact) mass is 208 g/mol. The first kappa shape index (κ1) is 9.00. The molecule has 1 saturated heterocycles. The number of rotatable bonds is 0. The molecule has 0 saturated carbocycles. The highest BCUT2D eigenvalue weighted by atomic mass is 33.2. The topological polar surface area (TPSA) is 0 Å². The van der Waals surface area contributed by atoms with Gasteiger partial charge in [0.2, 0.25) is 0 Å². The van der Waals surface area contributed by atoms with Gasteiger partial charge in [0.15, 0.2) is 0 Å². The molecule has 0 aliphatic carbocycles. The zero-order chi connectivity index (χ0) is 7.61. The summed E-state index contributed by atoms with van der Waals surface area (Å²) < 4.78 is -1.07. The normalized spacial score (nSPS) is 40.6. The van der Waals surface area contributed by atoms with Crippen molar-refractivity contribution in [2.45, 2.75) is 0 Å². The van der Waals surface area contributed by atoms with Crippen molar-refractivity contribution >= 4 is 39.0 Å². The third-order valence-corrected chi connectivity index (χ3v) is 10.8. The highest BCUT2D eigenvalue weighted by Crippen LogP contribution is 2.69. The van der Waals surface area contributed by atoms with Gasteiger partial charge in [0, 0.05) is 17.4 Å². The van der Waals surface area contributed by atoms with E-state index in [-0.39, 0.29) is 0 Å². The first-order valence-corrected chi connectivity index (χ1v) is 9.40. The van der Waals surface area contributed by atoms with Crippen LogP contribution in [0.15, 0.2) is 0 Å². The number of terminal acetylenes is 1.